The number of benzene rings is 2. The largest absolute Gasteiger partial charge is 0.494 e. The van der Waals surface area contributed by atoms with E-state index in [-0.39, 0.29) is 0 Å². The summed E-state index contributed by atoms with van der Waals surface area (Å²) in [5.41, 5.74) is 3.34. The van der Waals surface area contributed by atoms with Crippen LogP contribution in [0.5, 0.6) is 5.75 Å². The maximum absolute atomic E-state index is 6.38. The van der Waals surface area contributed by atoms with Gasteiger partial charge in [-0.15, -0.1) is 0 Å². The fraction of sp³-hybridized carbons (Fsp3) is 0.190. The number of hydrogen-bond acceptors (Lipinski definition) is 2. The highest BCUT2D eigenvalue weighted by molar-refractivity contribution is 6.35. The van der Waals surface area contributed by atoms with Crippen molar-refractivity contribution in [3.63, 3.8) is 0 Å². The summed E-state index contributed by atoms with van der Waals surface area (Å²) in [4.78, 5) is 4.50. The highest BCUT2D eigenvalue weighted by Crippen LogP contribution is 2.30. The quantitative estimate of drug-likeness (QED) is 0.445. The minimum absolute atomic E-state index is 0.561. The molecule has 0 saturated heterocycles. The topological polar surface area (TPSA) is 27.1 Å². The van der Waals surface area contributed by atoms with E-state index in [0.717, 1.165) is 40.5 Å². The summed E-state index contributed by atoms with van der Waals surface area (Å²) in [6, 6.07) is 18.5. The molecule has 0 fully saturated rings. The van der Waals surface area contributed by atoms with Crippen LogP contribution in [-0.2, 0) is 13.0 Å². The molecule has 0 bridgehead atoms. The second-order valence-corrected chi connectivity index (χ2v) is 6.38. The third kappa shape index (κ3) is 3.08. The number of halogens is 1. The standard InChI is InChI=1S/C21H19ClN2O/c1-2-25-16-7-5-6-15(14-16)10-12-24-13-11-18-20(24)17-8-3-4-9-19(17)23-21(18)22/h3-9,11,13-14H,2,10,12H2,1H3. The zero-order valence-corrected chi connectivity index (χ0v) is 14.8. The van der Waals surface area contributed by atoms with Crippen LogP contribution in [0.2, 0.25) is 5.15 Å². The van der Waals surface area contributed by atoms with E-state index < -0.39 is 0 Å². The van der Waals surface area contributed by atoms with E-state index in [2.05, 4.69) is 33.9 Å². The van der Waals surface area contributed by atoms with Crippen molar-refractivity contribution in [3.8, 4) is 5.75 Å². The van der Waals surface area contributed by atoms with Gasteiger partial charge in [-0.3, -0.25) is 0 Å². The molecule has 0 amide bonds. The lowest BCUT2D eigenvalue weighted by Gasteiger charge is -2.10. The monoisotopic (exact) mass is 350 g/mol. The van der Waals surface area contributed by atoms with Crippen molar-refractivity contribution in [3.05, 3.63) is 71.5 Å². The molecule has 126 valence electrons. The second kappa shape index (κ2) is 6.77. The normalized spacial score (nSPS) is 11.3. The Morgan fingerprint density at radius 3 is 2.80 bits per heavy atom. The molecule has 2 aromatic carbocycles. The van der Waals surface area contributed by atoms with Crippen molar-refractivity contribution in [2.75, 3.05) is 6.61 Å². The predicted molar refractivity (Wildman–Crippen MR) is 104 cm³/mol. The van der Waals surface area contributed by atoms with Gasteiger partial charge in [0.05, 0.1) is 17.6 Å². The van der Waals surface area contributed by atoms with Gasteiger partial charge in [-0.05, 0) is 43.2 Å². The molecule has 4 rings (SSSR count). The maximum atomic E-state index is 6.38. The molecular formula is C21H19ClN2O. The van der Waals surface area contributed by atoms with E-state index in [0.29, 0.717) is 11.8 Å². The van der Waals surface area contributed by atoms with Gasteiger partial charge in [-0.1, -0.05) is 41.9 Å². The molecule has 0 aliphatic rings. The summed E-state index contributed by atoms with van der Waals surface area (Å²) in [6.07, 6.45) is 3.02. The number of hydrogen-bond donors (Lipinski definition) is 0. The third-order valence-corrected chi connectivity index (χ3v) is 4.70. The fourth-order valence-corrected chi connectivity index (χ4v) is 3.51. The van der Waals surface area contributed by atoms with Crippen LogP contribution < -0.4 is 4.74 Å². The predicted octanol–water partition coefficient (Wildman–Crippen LogP) is 5.48. The number of ether oxygens (including phenoxy) is 1. The minimum atomic E-state index is 0.561. The van der Waals surface area contributed by atoms with Crippen LogP contribution in [0.25, 0.3) is 21.8 Å². The first-order valence-corrected chi connectivity index (χ1v) is 8.89. The lowest BCUT2D eigenvalue weighted by molar-refractivity contribution is 0.340. The number of aryl methyl sites for hydroxylation is 2. The molecule has 0 saturated carbocycles. The molecule has 0 unspecified atom stereocenters. The van der Waals surface area contributed by atoms with Gasteiger partial charge in [0.1, 0.15) is 10.9 Å². The van der Waals surface area contributed by atoms with E-state index >= 15 is 0 Å². The van der Waals surface area contributed by atoms with E-state index in [1.54, 1.807) is 0 Å². The summed E-state index contributed by atoms with van der Waals surface area (Å²) in [7, 11) is 0. The average Bonchev–Trinajstić information content (AvgIpc) is 3.06. The SMILES string of the molecule is CCOc1cccc(CCn2ccc3c(Cl)nc4ccccc4c32)c1. The highest BCUT2D eigenvalue weighted by atomic mass is 35.5. The minimum Gasteiger partial charge on any atom is -0.494 e. The van der Waals surface area contributed by atoms with Crippen molar-refractivity contribution < 1.29 is 4.74 Å². The van der Waals surface area contributed by atoms with Crippen molar-refractivity contribution in [1.29, 1.82) is 0 Å². The van der Waals surface area contributed by atoms with Gasteiger partial charge < -0.3 is 9.30 Å². The van der Waals surface area contributed by atoms with Gasteiger partial charge >= 0.3 is 0 Å². The average molecular weight is 351 g/mol. The summed E-state index contributed by atoms with van der Waals surface area (Å²) in [5.74, 6) is 0.926. The molecule has 25 heavy (non-hydrogen) atoms. The number of pyridine rings is 1. The van der Waals surface area contributed by atoms with Crippen LogP contribution in [0, 0.1) is 0 Å². The van der Waals surface area contributed by atoms with E-state index in [4.69, 9.17) is 16.3 Å². The molecular weight excluding hydrogens is 332 g/mol. The Morgan fingerprint density at radius 2 is 1.92 bits per heavy atom. The number of para-hydroxylation sites is 1. The van der Waals surface area contributed by atoms with Crippen LogP contribution >= 0.6 is 11.6 Å². The lowest BCUT2D eigenvalue weighted by Crippen LogP contribution is -2.01. The molecule has 0 radical (unpaired) electrons. The van der Waals surface area contributed by atoms with Gasteiger partial charge in [-0.25, -0.2) is 4.98 Å². The Hall–Kier alpha value is -2.52. The zero-order valence-electron chi connectivity index (χ0n) is 14.1. The highest BCUT2D eigenvalue weighted by Gasteiger charge is 2.11. The van der Waals surface area contributed by atoms with E-state index in [1.807, 2.05) is 43.3 Å². The number of aromatic nitrogens is 2. The van der Waals surface area contributed by atoms with Gasteiger partial charge in [-0.2, -0.15) is 0 Å². The number of fused-ring (bicyclic) bond motifs is 3. The van der Waals surface area contributed by atoms with Crippen LogP contribution in [0.4, 0.5) is 0 Å². The molecule has 3 nitrogen and oxygen atoms in total. The Bertz CT molecular complexity index is 1040. The number of nitrogens with zero attached hydrogens (tertiary/aromatic N) is 2. The molecule has 0 spiro atoms. The molecule has 2 heterocycles. The molecule has 0 aliphatic carbocycles. The van der Waals surface area contributed by atoms with Gasteiger partial charge in [0.15, 0.2) is 0 Å². The van der Waals surface area contributed by atoms with Crippen LogP contribution in [0.1, 0.15) is 12.5 Å². The van der Waals surface area contributed by atoms with Gasteiger partial charge in [0.25, 0.3) is 0 Å². The first-order valence-electron chi connectivity index (χ1n) is 8.51. The second-order valence-electron chi connectivity index (χ2n) is 6.02. The van der Waals surface area contributed by atoms with Crippen LogP contribution in [0.15, 0.2) is 60.8 Å². The molecule has 0 aliphatic heterocycles. The van der Waals surface area contributed by atoms with Crippen LogP contribution in [0.3, 0.4) is 0 Å². The van der Waals surface area contributed by atoms with Gasteiger partial charge in [0.2, 0.25) is 0 Å². The van der Waals surface area contributed by atoms with Crippen LogP contribution in [-0.4, -0.2) is 16.2 Å². The van der Waals surface area contributed by atoms with Crippen molar-refractivity contribution in [2.45, 2.75) is 19.9 Å². The van der Waals surface area contributed by atoms with Crippen molar-refractivity contribution >= 4 is 33.4 Å². The molecule has 4 heteroatoms. The maximum Gasteiger partial charge on any atom is 0.139 e. The Morgan fingerprint density at radius 1 is 1.04 bits per heavy atom. The molecule has 4 aromatic rings. The smallest absolute Gasteiger partial charge is 0.139 e. The van der Waals surface area contributed by atoms with Crippen molar-refractivity contribution in [1.82, 2.24) is 9.55 Å². The number of rotatable bonds is 5. The lowest BCUT2D eigenvalue weighted by atomic mass is 10.1. The fourth-order valence-electron chi connectivity index (χ4n) is 3.27. The molecule has 0 atom stereocenters. The Kier molecular flexibility index (Phi) is 4.33. The molecule has 2 aromatic heterocycles. The van der Waals surface area contributed by atoms with E-state index in [9.17, 15) is 0 Å². The summed E-state index contributed by atoms with van der Waals surface area (Å²) in [6.45, 7) is 3.56. The third-order valence-electron chi connectivity index (χ3n) is 4.41. The first-order chi connectivity index (χ1) is 12.3. The van der Waals surface area contributed by atoms with Gasteiger partial charge in [0, 0.05) is 23.5 Å². The van der Waals surface area contributed by atoms with E-state index in [1.165, 1.54) is 5.56 Å². The molecule has 0 N–H and O–H groups in total. The van der Waals surface area contributed by atoms with Crippen molar-refractivity contribution in [2.24, 2.45) is 0 Å². The zero-order chi connectivity index (χ0) is 17.2. The Labute approximate surface area is 151 Å². The summed E-state index contributed by atoms with van der Waals surface area (Å²) in [5, 5.41) is 2.70. The Balaban J connectivity index is 1.69. The summed E-state index contributed by atoms with van der Waals surface area (Å²) < 4.78 is 7.86. The summed E-state index contributed by atoms with van der Waals surface area (Å²) >= 11 is 6.38. The first kappa shape index (κ1) is 16.0.